The lowest BCUT2D eigenvalue weighted by Gasteiger charge is -2.46. The van der Waals surface area contributed by atoms with E-state index < -0.39 is 91.9 Å². The second kappa shape index (κ2) is 8.74. The molecule has 0 aromatic heterocycles. The summed E-state index contributed by atoms with van der Waals surface area (Å²) >= 11 is -1.25. The van der Waals surface area contributed by atoms with Crippen LogP contribution in [0.3, 0.4) is 0 Å². The number of halogens is 26. The van der Waals surface area contributed by atoms with Crippen LogP contribution in [0.5, 0.6) is 0 Å². The van der Waals surface area contributed by atoms with Crippen LogP contribution >= 0.6 is 22.6 Å². The van der Waals surface area contributed by atoms with Crippen molar-refractivity contribution in [2.45, 2.75) is 69.3 Å². The van der Waals surface area contributed by atoms with Crippen LogP contribution < -0.4 is 0 Å². The van der Waals surface area contributed by atoms with Crippen molar-refractivity contribution in [1.82, 2.24) is 0 Å². The van der Waals surface area contributed by atoms with E-state index in [-0.39, 0.29) is 0 Å². The van der Waals surface area contributed by atoms with E-state index in [0.29, 0.717) is 0 Å². The zero-order valence-electron chi connectivity index (χ0n) is 15.8. The third-order valence-electron chi connectivity index (χ3n) is 4.33. The van der Waals surface area contributed by atoms with Gasteiger partial charge in [0.25, 0.3) is 0 Å². The van der Waals surface area contributed by atoms with Gasteiger partial charge in [-0.2, -0.15) is 105 Å². The first kappa shape index (κ1) is 37.0. The van der Waals surface area contributed by atoms with Gasteiger partial charge >= 0.3 is 69.3 Å². The average molecular weight is 746 g/mol. The summed E-state index contributed by atoms with van der Waals surface area (Å²) in [6.45, 7) is 0. The van der Waals surface area contributed by atoms with Crippen LogP contribution in [-0.4, -0.2) is 69.3 Å². The summed E-state index contributed by atoms with van der Waals surface area (Å²) in [5.74, 6) is -73.7. The molecule has 0 aliphatic heterocycles. The molecule has 0 saturated heterocycles. The van der Waals surface area contributed by atoms with Crippen molar-refractivity contribution < 1.29 is 110 Å². The minimum atomic E-state index is -9.62. The van der Waals surface area contributed by atoms with Gasteiger partial charge in [-0.25, -0.2) is 4.39 Å². The molecule has 0 N–H and O–H groups in total. The largest absolute Gasteiger partial charge is 0.438 e. The molecule has 0 bridgehead atoms. The molecule has 0 spiro atoms. The molecular formula is C12F25I. The van der Waals surface area contributed by atoms with Crippen LogP contribution in [0.25, 0.3) is 0 Å². The molecule has 0 rings (SSSR count). The smallest absolute Gasteiger partial charge is 0.216 e. The first-order valence-corrected chi connectivity index (χ1v) is 8.74. The molecule has 0 unspecified atom stereocenters. The molecule has 0 atom stereocenters. The van der Waals surface area contributed by atoms with Gasteiger partial charge in [0.2, 0.25) is 0 Å². The zero-order valence-corrected chi connectivity index (χ0v) is 18.0. The van der Waals surface area contributed by atoms with Gasteiger partial charge in [0.1, 0.15) is 0 Å². The van der Waals surface area contributed by atoms with E-state index in [1.807, 2.05) is 0 Å². The van der Waals surface area contributed by atoms with Gasteiger partial charge in [0, 0.05) is 22.6 Å². The highest BCUT2D eigenvalue weighted by molar-refractivity contribution is 14.1. The highest BCUT2D eigenvalue weighted by Crippen LogP contribution is 2.68. The maximum Gasteiger partial charge on any atom is 0.438 e. The van der Waals surface area contributed by atoms with E-state index in [2.05, 4.69) is 0 Å². The Bertz CT molecular complexity index is 852. The molecule has 26 heteroatoms. The van der Waals surface area contributed by atoms with Crippen molar-refractivity contribution in [3.05, 3.63) is 0 Å². The second-order valence-electron chi connectivity index (χ2n) is 6.75. The van der Waals surface area contributed by atoms with E-state index in [4.69, 9.17) is 0 Å². The first-order valence-electron chi connectivity index (χ1n) is 7.66. The number of hydrogen-bond acceptors (Lipinski definition) is 0. The molecule has 0 nitrogen and oxygen atoms in total. The van der Waals surface area contributed by atoms with Crippen LogP contribution in [0.2, 0.25) is 0 Å². The molecule has 0 aliphatic rings. The molecule has 0 aliphatic carbocycles. The summed E-state index contributed by atoms with van der Waals surface area (Å²) in [4.78, 5) is 0. The van der Waals surface area contributed by atoms with Crippen molar-refractivity contribution >= 4 is 22.6 Å². The number of hydrogen-bond donors (Lipinski definition) is 0. The van der Waals surface area contributed by atoms with E-state index in [1.165, 1.54) is 0 Å². The minimum absolute atomic E-state index is 1.25. The molecule has 230 valence electrons. The maximum absolute atomic E-state index is 13.5. The lowest BCUT2D eigenvalue weighted by atomic mass is 9.82. The molecule has 38 heavy (non-hydrogen) atoms. The molecule has 0 saturated carbocycles. The van der Waals surface area contributed by atoms with Gasteiger partial charge in [-0.05, 0) is 0 Å². The monoisotopic (exact) mass is 746 g/mol. The fraction of sp³-hybridized carbons (Fsp3) is 1.00. The zero-order chi connectivity index (χ0) is 32.0. The van der Waals surface area contributed by atoms with E-state index in [1.54, 1.807) is 0 Å². The van der Waals surface area contributed by atoms with Gasteiger partial charge in [-0.1, -0.05) is 0 Å². The van der Waals surface area contributed by atoms with Crippen molar-refractivity contribution in [2.24, 2.45) is 0 Å². The molecule has 0 amide bonds. The third-order valence-corrected chi connectivity index (χ3v) is 5.01. The highest BCUT2D eigenvalue weighted by Gasteiger charge is 3.00. The summed E-state index contributed by atoms with van der Waals surface area (Å²) in [7, 11) is 0. The summed E-state index contributed by atoms with van der Waals surface area (Å²) in [5.41, 5.74) is -9.10. The lowest BCUT2D eigenvalue weighted by molar-refractivity contribution is -0.482. The number of alkyl halides is 26. The predicted molar refractivity (Wildman–Crippen MR) is 74.5 cm³/mol. The Morgan fingerprint density at radius 3 is 0.553 bits per heavy atom. The van der Waals surface area contributed by atoms with Crippen LogP contribution in [-0.2, 0) is 0 Å². The predicted octanol–water partition coefficient (Wildman–Crippen LogP) is 8.93. The average Bonchev–Trinajstić information content (AvgIpc) is 2.63. The fourth-order valence-corrected chi connectivity index (χ4v) is 2.43. The molecule has 0 aromatic rings. The molecule has 0 aromatic carbocycles. The van der Waals surface area contributed by atoms with Gasteiger partial charge < -0.3 is 0 Å². The van der Waals surface area contributed by atoms with Crippen LogP contribution in [0.4, 0.5) is 110 Å². The van der Waals surface area contributed by atoms with Gasteiger partial charge in [0.05, 0.1) is 0 Å². The van der Waals surface area contributed by atoms with Crippen molar-refractivity contribution in [1.29, 1.82) is 0 Å². The molecule has 0 fully saturated rings. The Morgan fingerprint density at radius 2 is 0.395 bits per heavy atom. The van der Waals surface area contributed by atoms with Crippen molar-refractivity contribution in [3.8, 4) is 0 Å². The quantitative estimate of drug-likeness (QED) is 0.126. The molecule has 0 heterocycles. The third kappa shape index (κ3) is 4.21. The first-order chi connectivity index (χ1) is 15.8. The van der Waals surface area contributed by atoms with E-state index in [0.717, 1.165) is 0 Å². The Balaban J connectivity index is 7.44. The Hall–Kier alpha value is -1.02. The minimum Gasteiger partial charge on any atom is -0.216 e. The topological polar surface area (TPSA) is 0 Å². The Morgan fingerprint density at radius 1 is 0.237 bits per heavy atom. The second-order valence-corrected chi connectivity index (χ2v) is 8.10. The van der Waals surface area contributed by atoms with Gasteiger partial charge in [-0.3, -0.25) is 0 Å². The van der Waals surface area contributed by atoms with Crippen LogP contribution in [0.15, 0.2) is 0 Å². The van der Waals surface area contributed by atoms with E-state index >= 15 is 0 Å². The normalized spacial score (nSPS) is 17.2. The van der Waals surface area contributed by atoms with Crippen molar-refractivity contribution in [3.63, 3.8) is 0 Å². The maximum atomic E-state index is 13.5. The van der Waals surface area contributed by atoms with Gasteiger partial charge in [-0.15, -0.1) is 0 Å². The SMILES string of the molecule is FC(F)(F)C(F)(C(F)(F)F)C(F)(F)C(F)(F)C(F)(F)C(F)(F)C(F)(F)C(F)(F)C(F)(F)C(F)(F)C(F)(F)I. The summed E-state index contributed by atoms with van der Waals surface area (Å²) in [5, 5.41) is 0. The van der Waals surface area contributed by atoms with Gasteiger partial charge in [0.15, 0.2) is 0 Å². The standard InChI is InChI=1S/C12F25I/c13-1(10(30,31)32,11(33,34)35)2(14,15)3(16,17)4(18,19)5(20,21)6(22,23)7(24,25)8(26,27)9(28,29)12(36,37)38. The summed E-state index contributed by atoms with van der Waals surface area (Å²) in [6.07, 6.45) is -17.2. The fourth-order valence-electron chi connectivity index (χ4n) is 2.09. The summed E-state index contributed by atoms with van der Waals surface area (Å²) < 4.78 is 318. The van der Waals surface area contributed by atoms with Crippen LogP contribution in [0, 0.1) is 0 Å². The van der Waals surface area contributed by atoms with Crippen molar-refractivity contribution in [2.75, 3.05) is 0 Å². The van der Waals surface area contributed by atoms with E-state index in [9.17, 15) is 110 Å². The lowest BCUT2D eigenvalue weighted by Crippen LogP contribution is -2.79. The Labute approximate surface area is 202 Å². The number of rotatable bonds is 9. The van der Waals surface area contributed by atoms with Crippen LogP contribution in [0.1, 0.15) is 0 Å². The highest BCUT2D eigenvalue weighted by atomic mass is 127. The Kier molecular flexibility index (Phi) is 8.50. The molecule has 0 radical (unpaired) electrons. The molecular weight excluding hydrogens is 746 g/mol. The summed E-state index contributed by atoms with van der Waals surface area (Å²) in [6, 6.07) is 0.